The Hall–Kier alpha value is -1.81. The third kappa shape index (κ3) is 3.85. The van der Waals surface area contributed by atoms with E-state index in [9.17, 15) is 4.79 Å². The van der Waals surface area contributed by atoms with Gasteiger partial charge in [-0.05, 0) is 24.1 Å². The predicted octanol–water partition coefficient (Wildman–Crippen LogP) is 3.71. The van der Waals surface area contributed by atoms with E-state index in [0.717, 1.165) is 36.3 Å². The van der Waals surface area contributed by atoms with Crippen molar-refractivity contribution in [1.82, 2.24) is 9.55 Å². The molecule has 0 saturated heterocycles. The molecule has 21 heavy (non-hydrogen) atoms. The predicted molar refractivity (Wildman–Crippen MR) is 82.9 cm³/mol. The number of hydrogen-bond donors (Lipinski definition) is 1. The number of carbonyl (C=O) groups is 1. The van der Waals surface area contributed by atoms with Crippen molar-refractivity contribution in [3.8, 4) is 0 Å². The van der Waals surface area contributed by atoms with Gasteiger partial charge in [-0.25, -0.2) is 9.78 Å². The number of rotatable bonds is 7. The second-order valence-electron chi connectivity index (χ2n) is 4.99. The Morgan fingerprint density at radius 3 is 2.62 bits per heavy atom. The first-order valence-corrected chi connectivity index (χ1v) is 7.60. The first kappa shape index (κ1) is 15.6. The van der Waals surface area contributed by atoms with Gasteiger partial charge >= 0.3 is 5.97 Å². The fraction of sp³-hybridized carbons (Fsp3) is 0.375. The van der Waals surface area contributed by atoms with Crippen molar-refractivity contribution in [2.75, 3.05) is 0 Å². The van der Waals surface area contributed by atoms with Gasteiger partial charge < -0.3 is 9.67 Å². The van der Waals surface area contributed by atoms with Gasteiger partial charge in [-0.15, -0.1) is 11.6 Å². The molecule has 1 aromatic heterocycles. The summed E-state index contributed by atoms with van der Waals surface area (Å²) in [6.45, 7) is 2.82. The van der Waals surface area contributed by atoms with E-state index in [-0.39, 0.29) is 0 Å². The number of aromatic carboxylic acids is 1. The van der Waals surface area contributed by atoms with Crippen molar-refractivity contribution in [2.45, 2.75) is 38.6 Å². The molecule has 0 radical (unpaired) electrons. The summed E-state index contributed by atoms with van der Waals surface area (Å²) in [6, 6.07) is 6.93. The summed E-state index contributed by atoms with van der Waals surface area (Å²) in [6.07, 6.45) is 4.97. The number of halogens is 1. The molecule has 0 fully saturated rings. The highest BCUT2D eigenvalue weighted by atomic mass is 35.5. The van der Waals surface area contributed by atoms with E-state index in [0.29, 0.717) is 18.0 Å². The highest BCUT2D eigenvalue weighted by Gasteiger charge is 2.10. The fourth-order valence-corrected chi connectivity index (χ4v) is 2.44. The number of hydrogen-bond acceptors (Lipinski definition) is 2. The quantitative estimate of drug-likeness (QED) is 0.793. The van der Waals surface area contributed by atoms with Crippen molar-refractivity contribution >= 4 is 17.6 Å². The van der Waals surface area contributed by atoms with Crippen molar-refractivity contribution < 1.29 is 9.90 Å². The molecule has 1 heterocycles. The van der Waals surface area contributed by atoms with Crippen LogP contribution in [0.1, 0.15) is 47.2 Å². The molecular weight excluding hydrogens is 288 g/mol. The molecule has 2 rings (SSSR count). The summed E-state index contributed by atoms with van der Waals surface area (Å²) in [4.78, 5) is 15.3. The Bertz CT molecular complexity index is 605. The van der Waals surface area contributed by atoms with Gasteiger partial charge in [0.2, 0.25) is 0 Å². The van der Waals surface area contributed by atoms with Crippen molar-refractivity contribution in [2.24, 2.45) is 0 Å². The maximum absolute atomic E-state index is 10.9. The van der Waals surface area contributed by atoms with Crippen molar-refractivity contribution in [3.63, 3.8) is 0 Å². The standard InChI is InChI=1S/C16H19ClN2O2/c1-2-3-4-15-18-10-14(9-17)19(15)11-12-5-7-13(8-6-12)16(20)21/h5-8,10H,2-4,9,11H2,1H3,(H,20,21). The molecule has 0 bridgehead atoms. The lowest BCUT2D eigenvalue weighted by Gasteiger charge is -2.11. The summed E-state index contributed by atoms with van der Waals surface area (Å²) in [5.74, 6) is 0.552. The molecule has 0 amide bonds. The van der Waals surface area contributed by atoms with Gasteiger partial charge in [-0.3, -0.25) is 0 Å². The van der Waals surface area contributed by atoms with Crippen LogP contribution in [0.3, 0.4) is 0 Å². The molecule has 2 aromatic rings. The van der Waals surface area contributed by atoms with E-state index in [1.807, 2.05) is 18.3 Å². The number of unbranched alkanes of at least 4 members (excludes halogenated alkanes) is 1. The molecule has 0 aliphatic carbocycles. The number of aryl methyl sites for hydroxylation is 1. The number of imidazole rings is 1. The lowest BCUT2D eigenvalue weighted by molar-refractivity contribution is 0.0697. The van der Waals surface area contributed by atoms with Crippen LogP contribution in [-0.4, -0.2) is 20.6 Å². The second kappa shape index (κ2) is 7.27. The van der Waals surface area contributed by atoms with Crippen LogP contribution in [0.25, 0.3) is 0 Å². The van der Waals surface area contributed by atoms with Crippen LogP contribution in [0.4, 0.5) is 0 Å². The number of carboxylic acids is 1. The van der Waals surface area contributed by atoms with Crippen LogP contribution >= 0.6 is 11.6 Å². The van der Waals surface area contributed by atoms with Gasteiger partial charge in [0.25, 0.3) is 0 Å². The van der Waals surface area contributed by atoms with E-state index in [4.69, 9.17) is 16.7 Å². The molecule has 1 aromatic carbocycles. The number of alkyl halides is 1. The van der Waals surface area contributed by atoms with Crippen molar-refractivity contribution in [1.29, 1.82) is 0 Å². The second-order valence-corrected chi connectivity index (χ2v) is 5.26. The summed E-state index contributed by atoms with van der Waals surface area (Å²) in [5, 5.41) is 8.92. The van der Waals surface area contributed by atoms with Gasteiger partial charge in [0.15, 0.2) is 0 Å². The van der Waals surface area contributed by atoms with Crippen molar-refractivity contribution in [3.05, 3.63) is 53.1 Å². The van der Waals surface area contributed by atoms with E-state index in [2.05, 4.69) is 16.5 Å². The van der Waals surface area contributed by atoms with Crippen LogP contribution in [0.5, 0.6) is 0 Å². The molecule has 0 atom stereocenters. The summed E-state index contributed by atoms with van der Waals surface area (Å²) in [5.41, 5.74) is 2.33. The Kier molecular flexibility index (Phi) is 5.39. The Labute approximate surface area is 129 Å². The SMILES string of the molecule is CCCCc1ncc(CCl)n1Cc1ccc(C(=O)O)cc1. The highest BCUT2D eigenvalue weighted by Crippen LogP contribution is 2.15. The number of aromatic nitrogens is 2. The third-order valence-electron chi connectivity index (χ3n) is 3.45. The average Bonchev–Trinajstić information content (AvgIpc) is 2.87. The van der Waals surface area contributed by atoms with Crippen LogP contribution in [0, 0.1) is 0 Å². The van der Waals surface area contributed by atoms with Crippen LogP contribution in [0.15, 0.2) is 30.5 Å². The number of benzene rings is 1. The zero-order valence-corrected chi connectivity index (χ0v) is 12.8. The smallest absolute Gasteiger partial charge is 0.335 e. The molecule has 4 nitrogen and oxygen atoms in total. The van der Waals surface area contributed by atoms with Gasteiger partial charge in [0.05, 0.1) is 17.1 Å². The molecule has 112 valence electrons. The van der Waals surface area contributed by atoms with Gasteiger partial charge in [0.1, 0.15) is 5.82 Å². The molecule has 1 N–H and O–H groups in total. The zero-order valence-electron chi connectivity index (χ0n) is 12.1. The van der Waals surface area contributed by atoms with E-state index in [1.165, 1.54) is 0 Å². The summed E-state index contributed by atoms with van der Waals surface area (Å²) in [7, 11) is 0. The van der Waals surface area contributed by atoms with Gasteiger partial charge in [0, 0.05) is 19.2 Å². The fourth-order valence-electron chi connectivity index (χ4n) is 2.22. The average molecular weight is 307 g/mol. The maximum atomic E-state index is 10.9. The lowest BCUT2D eigenvalue weighted by Crippen LogP contribution is -2.08. The minimum Gasteiger partial charge on any atom is -0.478 e. The highest BCUT2D eigenvalue weighted by molar-refractivity contribution is 6.16. The molecular formula is C16H19ClN2O2. The largest absolute Gasteiger partial charge is 0.478 e. The Morgan fingerprint density at radius 1 is 1.33 bits per heavy atom. The summed E-state index contributed by atoms with van der Waals surface area (Å²) < 4.78 is 2.12. The van der Waals surface area contributed by atoms with E-state index >= 15 is 0 Å². The number of nitrogens with zero attached hydrogens (tertiary/aromatic N) is 2. The molecule has 0 saturated carbocycles. The monoisotopic (exact) mass is 306 g/mol. The van der Waals surface area contributed by atoms with Gasteiger partial charge in [-0.2, -0.15) is 0 Å². The normalized spacial score (nSPS) is 10.8. The molecule has 5 heteroatoms. The first-order valence-electron chi connectivity index (χ1n) is 7.07. The first-order chi connectivity index (χ1) is 10.2. The third-order valence-corrected chi connectivity index (χ3v) is 3.73. The lowest BCUT2D eigenvalue weighted by atomic mass is 10.1. The minimum absolute atomic E-state index is 0.299. The minimum atomic E-state index is -0.908. The van der Waals surface area contributed by atoms with Crippen LogP contribution < -0.4 is 0 Å². The number of carboxylic acid groups (broad SMARTS) is 1. The zero-order chi connectivity index (χ0) is 15.2. The molecule has 0 aliphatic rings. The van der Waals surface area contributed by atoms with Crippen LogP contribution in [-0.2, 0) is 18.8 Å². The van der Waals surface area contributed by atoms with Crippen LogP contribution in [0.2, 0.25) is 0 Å². The van der Waals surface area contributed by atoms with Gasteiger partial charge in [-0.1, -0.05) is 25.5 Å². The van der Waals surface area contributed by atoms with E-state index < -0.39 is 5.97 Å². The molecule has 0 unspecified atom stereocenters. The Morgan fingerprint density at radius 2 is 2.05 bits per heavy atom. The van der Waals surface area contributed by atoms with E-state index in [1.54, 1.807) is 12.1 Å². The molecule has 0 spiro atoms. The Balaban J connectivity index is 2.20. The molecule has 0 aliphatic heterocycles. The summed E-state index contributed by atoms with van der Waals surface area (Å²) >= 11 is 5.97. The maximum Gasteiger partial charge on any atom is 0.335 e. The topological polar surface area (TPSA) is 55.1 Å².